The van der Waals surface area contributed by atoms with Crippen molar-refractivity contribution in [2.75, 3.05) is 33.4 Å². The zero-order valence-corrected chi connectivity index (χ0v) is 13.5. The minimum Gasteiger partial charge on any atom is -0.465 e. The lowest BCUT2D eigenvalue weighted by molar-refractivity contribution is -0.151. The van der Waals surface area contributed by atoms with E-state index in [1.165, 1.54) is 0 Å². The van der Waals surface area contributed by atoms with Crippen molar-refractivity contribution >= 4 is 5.97 Å². The van der Waals surface area contributed by atoms with Crippen LogP contribution in [0.1, 0.15) is 45.4 Å². The van der Waals surface area contributed by atoms with Crippen LogP contribution in [0.15, 0.2) is 0 Å². The van der Waals surface area contributed by atoms with Crippen molar-refractivity contribution in [3.63, 3.8) is 0 Å². The molecule has 0 spiro atoms. The highest BCUT2D eigenvalue weighted by atomic mass is 16.5. The number of rotatable bonds is 6. The summed E-state index contributed by atoms with van der Waals surface area (Å²) >= 11 is 0. The molecule has 0 aromatic rings. The van der Waals surface area contributed by atoms with Gasteiger partial charge in [0.25, 0.3) is 0 Å². The fourth-order valence-corrected chi connectivity index (χ4v) is 3.75. The Kier molecular flexibility index (Phi) is 6.02. The fraction of sp³-hybridized carbons (Fsp3) is 0.938. The summed E-state index contributed by atoms with van der Waals surface area (Å²) in [6.45, 7) is 5.45. The van der Waals surface area contributed by atoms with Gasteiger partial charge in [-0.1, -0.05) is 6.42 Å². The topological polar surface area (TPSA) is 64.8 Å². The molecule has 0 radical (unpaired) electrons. The molecule has 2 N–H and O–H groups in total. The average molecular weight is 298 g/mol. The Morgan fingerprint density at radius 3 is 2.67 bits per heavy atom. The summed E-state index contributed by atoms with van der Waals surface area (Å²) in [5.74, 6) is 0.0577. The second-order valence-corrected chi connectivity index (χ2v) is 6.42. The Morgan fingerprint density at radius 2 is 2.05 bits per heavy atom. The smallest absolute Gasteiger partial charge is 0.326 e. The fourth-order valence-electron chi connectivity index (χ4n) is 3.75. The van der Waals surface area contributed by atoms with Crippen molar-refractivity contribution in [3.8, 4) is 0 Å². The molecule has 2 rings (SSSR count). The van der Waals surface area contributed by atoms with Crippen molar-refractivity contribution in [2.45, 2.75) is 57.1 Å². The molecule has 2 atom stereocenters. The normalized spacial score (nSPS) is 31.5. The van der Waals surface area contributed by atoms with E-state index in [0.717, 1.165) is 58.2 Å². The molecule has 2 aliphatic rings. The van der Waals surface area contributed by atoms with Gasteiger partial charge in [0, 0.05) is 20.2 Å². The maximum absolute atomic E-state index is 12.1. The third kappa shape index (κ3) is 3.96. The van der Waals surface area contributed by atoms with Crippen LogP contribution in [0.4, 0.5) is 0 Å². The number of carbonyl (C=O) groups excluding carboxylic acids is 1. The summed E-state index contributed by atoms with van der Waals surface area (Å²) in [5.41, 5.74) is 5.63. The van der Waals surface area contributed by atoms with Crippen LogP contribution in [0.2, 0.25) is 0 Å². The number of carbonyl (C=O) groups is 1. The zero-order valence-electron chi connectivity index (χ0n) is 13.5. The number of nitrogens with zero attached hydrogens (tertiary/aromatic N) is 1. The Bertz CT molecular complexity index is 342. The van der Waals surface area contributed by atoms with E-state index < -0.39 is 5.54 Å². The summed E-state index contributed by atoms with van der Waals surface area (Å²) in [7, 11) is 1.79. The quantitative estimate of drug-likeness (QED) is 0.754. The summed E-state index contributed by atoms with van der Waals surface area (Å²) in [6, 6.07) is 0. The van der Waals surface area contributed by atoms with E-state index in [1.54, 1.807) is 7.11 Å². The zero-order chi connectivity index (χ0) is 15.3. The third-order valence-electron chi connectivity index (χ3n) is 5.19. The minimum absolute atomic E-state index is 0.203. The lowest BCUT2D eigenvalue weighted by Crippen LogP contribution is -2.52. The van der Waals surface area contributed by atoms with Crippen LogP contribution >= 0.6 is 0 Å². The van der Waals surface area contributed by atoms with Gasteiger partial charge in [-0.3, -0.25) is 4.79 Å². The molecule has 0 aromatic heterocycles. The van der Waals surface area contributed by atoms with Crippen molar-refractivity contribution in [3.05, 3.63) is 0 Å². The summed E-state index contributed by atoms with van der Waals surface area (Å²) in [5, 5.41) is 0. The Labute approximate surface area is 128 Å². The molecule has 1 aliphatic carbocycles. The molecule has 0 amide bonds. The second-order valence-electron chi connectivity index (χ2n) is 6.42. The number of esters is 1. The van der Waals surface area contributed by atoms with Crippen LogP contribution in [0.25, 0.3) is 0 Å². The van der Waals surface area contributed by atoms with Crippen molar-refractivity contribution in [1.29, 1.82) is 0 Å². The number of ether oxygens (including phenoxy) is 2. The van der Waals surface area contributed by atoms with E-state index in [-0.39, 0.29) is 11.9 Å². The molecule has 0 aromatic carbocycles. The first kappa shape index (κ1) is 16.7. The number of nitrogens with two attached hydrogens (primary N) is 1. The maximum atomic E-state index is 12.1. The van der Waals surface area contributed by atoms with Crippen LogP contribution in [0, 0.1) is 5.92 Å². The predicted molar refractivity (Wildman–Crippen MR) is 82.0 cm³/mol. The van der Waals surface area contributed by atoms with E-state index in [0.29, 0.717) is 12.7 Å². The first-order valence-corrected chi connectivity index (χ1v) is 8.31. The van der Waals surface area contributed by atoms with Crippen LogP contribution in [0.5, 0.6) is 0 Å². The molecule has 2 unspecified atom stereocenters. The van der Waals surface area contributed by atoms with Gasteiger partial charge in [0.05, 0.1) is 12.7 Å². The molecule has 1 heterocycles. The Hall–Kier alpha value is -0.650. The molecule has 1 saturated heterocycles. The van der Waals surface area contributed by atoms with Crippen LogP contribution < -0.4 is 5.73 Å². The number of likely N-dealkylation sites (tertiary alicyclic amines) is 1. The second kappa shape index (κ2) is 7.56. The number of hydrogen-bond acceptors (Lipinski definition) is 5. The minimum atomic E-state index is -0.749. The summed E-state index contributed by atoms with van der Waals surface area (Å²) in [6.07, 6.45) is 6.46. The monoisotopic (exact) mass is 298 g/mol. The van der Waals surface area contributed by atoms with Crippen molar-refractivity contribution < 1.29 is 14.3 Å². The summed E-state index contributed by atoms with van der Waals surface area (Å²) in [4.78, 5) is 14.6. The standard InChI is InChI=1S/C16H30N2O3/c1-3-21-15(19)16(17)9-4-5-13(16)6-10-18-11-7-14(20-2)8-12-18/h13-14H,3-12,17H2,1-2H3. The third-order valence-corrected chi connectivity index (χ3v) is 5.19. The number of piperidine rings is 1. The summed E-state index contributed by atoms with van der Waals surface area (Å²) < 4.78 is 10.6. The van der Waals surface area contributed by atoms with E-state index in [2.05, 4.69) is 4.90 Å². The molecular formula is C16H30N2O3. The van der Waals surface area contributed by atoms with Gasteiger partial charge in [0.1, 0.15) is 5.54 Å². The van der Waals surface area contributed by atoms with Crippen LogP contribution in [-0.2, 0) is 14.3 Å². The van der Waals surface area contributed by atoms with Gasteiger partial charge in [-0.15, -0.1) is 0 Å². The lowest BCUT2D eigenvalue weighted by Gasteiger charge is -2.34. The molecule has 21 heavy (non-hydrogen) atoms. The number of hydrogen-bond donors (Lipinski definition) is 1. The van der Waals surface area contributed by atoms with Gasteiger partial charge in [-0.05, 0) is 51.5 Å². The van der Waals surface area contributed by atoms with E-state index >= 15 is 0 Å². The highest BCUT2D eigenvalue weighted by molar-refractivity contribution is 5.81. The lowest BCUT2D eigenvalue weighted by atomic mass is 9.85. The van der Waals surface area contributed by atoms with E-state index in [1.807, 2.05) is 6.92 Å². The van der Waals surface area contributed by atoms with Crippen LogP contribution in [0.3, 0.4) is 0 Å². The Morgan fingerprint density at radius 1 is 1.33 bits per heavy atom. The average Bonchev–Trinajstić information content (AvgIpc) is 2.88. The van der Waals surface area contributed by atoms with Gasteiger partial charge in [-0.2, -0.15) is 0 Å². The first-order valence-electron chi connectivity index (χ1n) is 8.31. The number of methoxy groups -OCH3 is 1. The molecule has 122 valence electrons. The molecule has 5 heteroatoms. The molecule has 5 nitrogen and oxygen atoms in total. The highest BCUT2D eigenvalue weighted by Gasteiger charge is 2.46. The molecular weight excluding hydrogens is 268 g/mol. The van der Waals surface area contributed by atoms with Crippen molar-refractivity contribution in [1.82, 2.24) is 4.90 Å². The maximum Gasteiger partial charge on any atom is 0.326 e. The first-order chi connectivity index (χ1) is 10.1. The van der Waals surface area contributed by atoms with Crippen molar-refractivity contribution in [2.24, 2.45) is 11.7 Å². The largest absolute Gasteiger partial charge is 0.465 e. The van der Waals surface area contributed by atoms with Gasteiger partial charge in [0.15, 0.2) is 0 Å². The van der Waals surface area contributed by atoms with E-state index in [4.69, 9.17) is 15.2 Å². The molecule has 1 saturated carbocycles. The van der Waals surface area contributed by atoms with Gasteiger partial charge >= 0.3 is 5.97 Å². The highest BCUT2D eigenvalue weighted by Crippen LogP contribution is 2.37. The molecule has 1 aliphatic heterocycles. The predicted octanol–water partition coefficient (Wildman–Crippen LogP) is 1.55. The van der Waals surface area contributed by atoms with E-state index in [9.17, 15) is 4.79 Å². The van der Waals surface area contributed by atoms with Gasteiger partial charge in [-0.25, -0.2) is 0 Å². The SMILES string of the molecule is CCOC(=O)C1(N)CCCC1CCN1CCC(OC)CC1. The van der Waals surface area contributed by atoms with Crippen LogP contribution in [-0.4, -0.2) is 55.9 Å². The molecule has 0 bridgehead atoms. The molecule has 2 fully saturated rings. The van der Waals surface area contributed by atoms with Gasteiger partial charge < -0.3 is 20.1 Å². The van der Waals surface area contributed by atoms with Gasteiger partial charge in [0.2, 0.25) is 0 Å². The Balaban J connectivity index is 1.81.